The van der Waals surface area contributed by atoms with Crippen LogP contribution in [-0.2, 0) is 32.7 Å². The molecule has 0 saturated heterocycles. The fraction of sp³-hybridized carbons (Fsp3) is 0.756. The lowest BCUT2D eigenvalue weighted by molar-refractivity contribution is -0.161. The van der Waals surface area contributed by atoms with Gasteiger partial charge in [0.1, 0.15) is 12.7 Å². The van der Waals surface area contributed by atoms with E-state index in [2.05, 4.69) is 67.0 Å². The van der Waals surface area contributed by atoms with Gasteiger partial charge in [0, 0.05) is 12.8 Å². The van der Waals surface area contributed by atoms with Crippen LogP contribution in [0.3, 0.4) is 0 Å². The van der Waals surface area contributed by atoms with Crippen LogP contribution in [0.1, 0.15) is 162 Å². The highest BCUT2D eigenvalue weighted by Gasteiger charge is 2.27. The quantitative estimate of drug-likeness (QED) is 0.0242. The van der Waals surface area contributed by atoms with Gasteiger partial charge in [-0.25, -0.2) is 4.57 Å². The van der Waals surface area contributed by atoms with Crippen molar-refractivity contribution in [1.82, 2.24) is 0 Å². The summed E-state index contributed by atoms with van der Waals surface area (Å²) in [5, 5.41) is 18.3. The van der Waals surface area contributed by atoms with Crippen LogP contribution >= 0.6 is 7.82 Å². The number of esters is 2. The van der Waals surface area contributed by atoms with E-state index < -0.39 is 51.8 Å². The Labute approximate surface area is 315 Å². The number of phosphoric acid groups is 1. The first-order valence-corrected chi connectivity index (χ1v) is 21.6. The molecule has 0 aromatic heterocycles. The second-order valence-corrected chi connectivity index (χ2v) is 14.8. The summed E-state index contributed by atoms with van der Waals surface area (Å²) in [6.07, 6.45) is 37.9. The van der Waals surface area contributed by atoms with Crippen molar-refractivity contribution in [3.63, 3.8) is 0 Å². The Hall–Kier alpha value is -2.07. The van der Waals surface area contributed by atoms with Crippen molar-refractivity contribution in [3.05, 3.63) is 48.6 Å². The topological polar surface area (TPSA) is 149 Å². The zero-order valence-electron chi connectivity index (χ0n) is 32.5. The summed E-state index contributed by atoms with van der Waals surface area (Å²) in [5.74, 6) is -0.965. The number of hydrogen-bond donors (Lipinski definition) is 3. The lowest BCUT2D eigenvalue weighted by Gasteiger charge is -2.20. The van der Waals surface area contributed by atoms with Crippen LogP contribution in [-0.4, -0.2) is 65.7 Å². The summed E-state index contributed by atoms with van der Waals surface area (Å²) in [6.45, 7) is 2.27. The first-order chi connectivity index (χ1) is 25.2. The minimum absolute atomic E-state index is 0.156. The monoisotopic (exact) mass is 756 g/mol. The molecule has 0 heterocycles. The third-order valence-electron chi connectivity index (χ3n) is 8.21. The van der Waals surface area contributed by atoms with Gasteiger partial charge >= 0.3 is 19.8 Å². The van der Waals surface area contributed by atoms with E-state index in [4.69, 9.17) is 19.1 Å². The number of allylic oxidation sites excluding steroid dienone is 8. The lowest BCUT2D eigenvalue weighted by Crippen LogP contribution is -2.29. The van der Waals surface area contributed by atoms with Gasteiger partial charge in [0.05, 0.1) is 19.8 Å². The second-order valence-electron chi connectivity index (χ2n) is 13.3. The number of hydrogen-bond acceptors (Lipinski definition) is 9. The zero-order valence-corrected chi connectivity index (χ0v) is 33.4. The lowest BCUT2D eigenvalue weighted by atomic mass is 10.1. The van der Waals surface area contributed by atoms with Crippen LogP contribution in [0.2, 0.25) is 0 Å². The SMILES string of the molecule is CCCCC/C=C/C/C=C/C/C=C/CCCCCCC(=O)O[C@H](COC(=O)CCCCCCC/C=C/CCCCC)COP(=O)(O)OC[C@@H](O)CO. The third-order valence-corrected chi connectivity index (χ3v) is 9.16. The van der Waals surface area contributed by atoms with E-state index in [1.165, 1.54) is 44.9 Å². The predicted octanol–water partition coefficient (Wildman–Crippen LogP) is 10.2. The van der Waals surface area contributed by atoms with E-state index in [1.807, 2.05) is 0 Å². The van der Waals surface area contributed by atoms with Gasteiger partial charge in [0.15, 0.2) is 6.10 Å². The predicted molar refractivity (Wildman–Crippen MR) is 210 cm³/mol. The second kappa shape index (κ2) is 37.3. The van der Waals surface area contributed by atoms with Crippen LogP contribution < -0.4 is 0 Å². The van der Waals surface area contributed by atoms with E-state index in [1.54, 1.807) is 0 Å². The molecule has 0 radical (unpaired) electrons. The van der Waals surface area contributed by atoms with Crippen LogP contribution in [0.4, 0.5) is 0 Å². The molecule has 1 unspecified atom stereocenters. The zero-order chi connectivity index (χ0) is 38.4. The molecule has 0 fully saturated rings. The van der Waals surface area contributed by atoms with Crippen LogP contribution in [0.25, 0.3) is 0 Å². The van der Waals surface area contributed by atoms with Gasteiger partial charge in [-0.15, -0.1) is 0 Å². The van der Waals surface area contributed by atoms with Gasteiger partial charge in [0.25, 0.3) is 0 Å². The highest BCUT2D eigenvalue weighted by Crippen LogP contribution is 2.43. The van der Waals surface area contributed by atoms with Crippen molar-refractivity contribution in [2.75, 3.05) is 26.4 Å². The summed E-state index contributed by atoms with van der Waals surface area (Å²) >= 11 is 0. The van der Waals surface area contributed by atoms with Crippen LogP contribution in [0.5, 0.6) is 0 Å². The molecule has 0 amide bonds. The van der Waals surface area contributed by atoms with E-state index >= 15 is 0 Å². The van der Waals surface area contributed by atoms with Crippen molar-refractivity contribution >= 4 is 19.8 Å². The third kappa shape index (κ3) is 36.3. The minimum Gasteiger partial charge on any atom is -0.462 e. The number of phosphoric ester groups is 1. The summed E-state index contributed by atoms with van der Waals surface area (Å²) in [7, 11) is -4.62. The van der Waals surface area contributed by atoms with Crippen molar-refractivity contribution in [3.8, 4) is 0 Å². The Morgan fingerprint density at radius 3 is 1.52 bits per heavy atom. The van der Waals surface area contributed by atoms with Crippen LogP contribution in [0.15, 0.2) is 48.6 Å². The maximum atomic E-state index is 12.6. The summed E-state index contributed by atoms with van der Waals surface area (Å²) < 4.78 is 32.6. The molecule has 0 aliphatic heterocycles. The number of rotatable bonds is 37. The fourth-order valence-electron chi connectivity index (χ4n) is 5.05. The maximum absolute atomic E-state index is 12.6. The van der Waals surface area contributed by atoms with Crippen molar-refractivity contribution in [2.45, 2.75) is 174 Å². The number of unbranched alkanes of at least 4 members (excludes halogenated alkanes) is 15. The summed E-state index contributed by atoms with van der Waals surface area (Å²) in [6, 6.07) is 0. The Bertz CT molecular complexity index is 1010. The van der Waals surface area contributed by atoms with Gasteiger partial charge in [-0.05, 0) is 77.0 Å². The highest BCUT2D eigenvalue weighted by molar-refractivity contribution is 7.47. The van der Waals surface area contributed by atoms with Gasteiger partial charge in [-0.1, -0.05) is 120 Å². The summed E-state index contributed by atoms with van der Waals surface area (Å²) in [5.41, 5.74) is 0. The largest absolute Gasteiger partial charge is 0.472 e. The Morgan fingerprint density at radius 2 is 1.00 bits per heavy atom. The molecular formula is C41H73O10P. The molecule has 0 saturated carbocycles. The van der Waals surface area contributed by atoms with Crippen molar-refractivity contribution < 1.29 is 47.8 Å². The molecule has 0 aromatic rings. The molecule has 52 heavy (non-hydrogen) atoms. The van der Waals surface area contributed by atoms with Gasteiger partial charge in [0.2, 0.25) is 0 Å². The Morgan fingerprint density at radius 1 is 0.577 bits per heavy atom. The van der Waals surface area contributed by atoms with Gasteiger partial charge in [-0.3, -0.25) is 18.6 Å². The number of ether oxygens (including phenoxy) is 2. The van der Waals surface area contributed by atoms with Crippen LogP contribution in [0, 0.1) is 0 Å². The molecule has 0 rings (SSSR count). The van der Waals surface area contributed by atoms with Crippen molar-refractivity contribution in [2.24, 2.45) is 0 Å². The molecule has 0 aliphatic carbocycles. The number of aliphatic hydroxyl groups is 2. The molecule has 11 heteroatoms. The van der Waals surface area contributed by atoms with E-state index in [-0.39, 0.29) is 19.4 Å². The molecule has 0 spiro atoms. The first kappa shape index (κ1) is 49.9. The highest BCUT2D eigenvalue weighted by atomic mass is 31.2. The minimum atomic E-state index is -4.62. The molecule has 3 N–H and O–H groups in total. The summed E-state index contributed by atoms with van der Waals surface area (Å²) in [4.78, 5) is 34.9. The average molecular weight is 757 g/mol. The normalized spacial score (nSPS) is 14.5. The molecule has 0 bridgehead atoms. The van der Waals surface area contributed by atoms with Crippen molar-refractivity contribution in [1.29, 1.82) is 0 Å². The standard InChI is InChI=1S/C41H73O10P/c1-3-5-7-9-11-13-15-17-18-19-20-21-23-25-27-29-31-33-41(45)51-39(37-50-52(46,47)49-35-38(43)34-42)36-48-40(44)32-30-28-26-24-22-16-14-12-10-8-6-4-2/h11-14,17-18,20-21,38-39,42-43H,3-10,15-16,19,22-37H2,1-2H3,(H,46,47)/b13-11+,14-12+,18-17+,21-20+/t38-,39+/m0/s1. The van der Waals surface area contributed by atoms with Gasteiger partial charge in [-0.2, -0.15) is 0 Å². The number of carbonyl (C=O) groups excluding carboxylic acids is 2. The molecule has 302 valence electrons. The van der Waals surface area contributed by atoms with E-state index in [9.17, 15) is 24.2 Å². The molecule has 0 aliphatic rings. The Balaban J connectivity index is 4.41. The maximum Gasteiger partial charge on any atom is 0.472 e. The fourth-order valence-corrected chi connectivity index (χ4v) is 5.84. The molecule has 0 aromatic carbocycles. The average Bonchev–Trinajstić information content (AvgIpc) is 3.13. The number of carbonyl (C=O) groups is 2. The Kier molecular flexibility index (Phi) is 35.8. The number of aliphatic hydroxyl groups excluding tert-OH is 2. The molecule has 3 atom stereocenters. The van der Waals surface area contributed by atoms with E-state index in [0.717, 1.165) is 77.0 Å². The first-order valence-electron chi connectivity index (χ1n) is 20.1. The van der Waals surface area contributed by atoms with Gasteiger partial charge < -0.3 is 24.6 Å². The molecular weight excluding hydrogens is 683 g/mol. The van der Waals surface area contributed by atoms with E-state index in [0.29, 0.717) is 12.8 Å². The smallest absolute Gasteiger partial charge is 0.462 e. The molecule has 10 nitrogen and oxygen atoms in total.